The van der Waals surface area contributed by atoms with E-state index in [0.29, 0.717) is 0 Å². The summed E-state index contributed by atoms with van der Waals surface area (Å²) >= 11 is 0. The highest BCUT2D eigenvalue weighted by molar-refractivity contribution is 5.44. The van der Waals surface area contributed by atoms with Crippen molar-refractivity contribution in [3.63, 3.8) is 0 Å². The Morgan fingerprint density at radius 1 is 1.42 bits per heavy atom. The van der Waals surface area contributed by atoms with Crippen molar-refractivity contribution in [2.75, 3.05) is 0 Å². The Morgan fingerprint density at radius 2 is 2.17 bits per heavy atom. The Labute approximate surface area is 73.4 Å². The van der Waals surface area contributed by atoms with E-state index < -0.39 is 0 Å². The zero-order valence-corrected chi connectivity index (χ0v) is 7.67. The molecule has 2 nitrogen and oxygen atoms in total. The van der Waals surface area contributed by atoms with Gasteiger partial charge in [0.15, 0.2) is 0 Å². The maximum Gasteiger partial charge on any atom is 0.0839 e. The van der Waals surface area contributed by atoms with Crippen molar-refractivity contribution in [1.82, 2.24) is 9.97 Å². The summed E-state index contributed by atoms with van der Waals surface area (Å²) in [6.07, 6.45) is 5.43. The van der Waals surface area contributed by atoms with E-state index in [1.54, 1.807) is 6.08 Å². The molecule has 1 aromatic heterocycles. The van der Waals surface area contributed by atoms with E-state index in [0.717, 1.165) is 29.9 Å². The molecule has 1 heterocycles. The highest BCUT2D eigenvalue weighted by Gasteiger charge is 2.00. The van der Waals surface area contributed by atoms with Gasteiger partial charge in [-0.15, -0.1) is 0 Å². The lowest BCUT2D eigenvalue weighted by atomic mass is 10.2. The molecule has 0 amide bonds. The van der Waals surface area contributed by atoms with Crippen LogP contribution in [0.4, 0.5) is 0 Å². The Morgan fingerprint density at radius 3 is 2.67 bits per heavy atom. The Kier molecular flexibility index (Phi) is 2.97. The second-order valence-corrected chi connectivity index (χ2v) is 2.60. The first-order chi connectivity index (χ1) is 5.81. The van der Waals surface area contributed by atoms with E-state index in [4.69, 9.17) is 0 Å². The monoisotopic (exact) mass is 162 g/mol. The molecule has 1 aromatic rings. The Bertz CT molecular complexity index is 279. The van der Waals surface area contributed by atoms with E-state index in [1.807, 2.05) is 6.20 Å². The summed E-state index contributed by atoms with van der Waals surface area (Å²) in [6.45, 7) is 7.85. The minimum absolute atomic E-state index is 0.912. The number of rotatable bonds is 3. The van der Waals surface area contributed by atoms with Crippen LogP contribution >= 0.6 is 0 Å². The van der Waals surface area contributed by atoms with E-state index in [9.17, 15) is 0 Å². The first-order valence-corrected chi connectivity index (χ1v) is 4.29. The highest BCUT2D eigenvalue weighted by atomic mass is 14.8. The van der Waals surface area contributed by atoms with Crippen LogP contribution in [0, 0.1) is 0 Å². The van der Waals surface area contributed by atoms with Crippen LogP contribution in [-0.4, -0.2) is 9.97 Å². The third-order valence-electron chi connectivity index (χ3n) is 1.82. The topological polar surface area (TPSA) is 25.8 Å². The number of hydrogen-bond acceptors (Lipinski definition) is 2. The van der Waals surface area contributed by atoms with Gasteiger partial charge in [0.05, 0.1) is 17.1 Å². The summed E-state index contributed by atoms with van der Waals surface area (Å²) in [5.41, 5.74) is 3.01. The van der Waals surface area contributed by atoms with Crippen LogP contribution in [0.25, 0.3) is 6.08 Å². The first-order valence-electron chi connectivity index (χ1n) is 4.29. The van der Waals surface area contributed by atoms with Crippen molar-refractivity contribution in [3.8, 4) is 0 Å². The van der Waals surface area contributed by atoms with Crippen LogP contribution in [0.2, 0.25) is 0 Å². The average molecular weight is 162 g/mol. The average Bonchev–Trinajstić information content (AvgIpc) is 2.16. The van der Waals surface area contributed by atoms with Gasteiger partial charge in [0.1, 0.15) is 0 Å². The standard InChI is InChI=1S/C10H14N2/c1-4-8-7-11-9(5-2)10(6-3)12-8/h5,7H,2,4,6H2,1,3H3. The van der Waals surface area contributed by atoms with Gasteiger partial charge >= 0.3 is 0 Å². The molecule has 64 valence electrons. The second kappa shape index (κ2) is 4.00. The van der Waals surface area contributed by atoms with Crippen LogP contribution in [0.5, 0.6) is 0 Å². The number of hydrogen-bond donors (Lipinski definition) is 0. The Balaban J connectivity index is 3.10. The van der Waals surface area contributed by atoms with Crippen LogP contribution in [-0.2, 0) is 12.8 Å². The molecule has 0 radical (unpaired) electrons. The molecule has 0 saturated carbocycles. The largest absolute Gasteiger partial charge is 0.254 e. The molecule has 0 unspecified atom stereocenters. The van der Waals surface area contributed by atoms with Gasteiger partial charge in [0, 0.05) is 6.20 Å². The van der Waals surface area contributed by atoms with Gasteiger partial charge in [0.2, 0.25) is 0 Å². The second-order valence-electron chi connectivity index (χ2n) is 2.60. The highest BCUT2D eigenvalue weighted by Crippen LogP contribution is 2.06. The van der Waals surface area contributed by atoms with Crippen LogP contribution < -0.4 is 0 Å². The molecule has 0 atom stereocenters. The summed E-state index contributed by atoms with van der Waals surface area (Å²) in [4.78, 5) is 8.70. The smallest absolute Gasteiger partial charge is 0.0839 e. The summed E-state index contributed by atoms with van der Waals surface area (Å²) < 4.78 is 0. The normalized spacial score (nSPS) is 9.83. The molecule has 0 fully saturated rings. The molecule has 0 aliphatic rings. The molecule has 0 bridgehead atoms. The lowest BCUT2D eigenvalue weighted by Gasteiger charge is -2.02. The lowest BCUT2D eigenvalue weighted by Crippen LogP contribution is -1.99. The predicted molar refractivity (Wildman–Crippen MR) is 50.9 cm³/mol. The molecule has 0 N–H and O–H groups in total. The zero-order valence-electron chi connectivity index (χ0n) is 7.67. The van der Waals surface area contributed by atoms with Crippen LogP contribution in [0.1, 0.15) is 30.9 Å². The lowest BCUT2D eigenvalue weighted by molar-refractivity contribution is 0.914. The number of aryl methyl sites for hydroxylation is 2. The van der Waals surface area contributed by atoms with Gasteiger partial charge in [-0.1, -0.05) is 20.4 Å². The maximum atomic E-state index is 4.45. The van der Waals surface area contributed by atoms with Crippen molar-refractivity contribution in [2.45, 2.75) is 26.7 Å². The minimum Gasteiger partial charge on any atom is -0.254 e. The predicted octanol–water partition coefficient (Wildman–Crippen LogP) is 2.24. The molecule has 0 aliphatic carbocycles. The molecular formula is C10H14N2. The first kappa shape index (κ1) is 8.91. The summed E-state index contributed by atoms with van der Waals surface area (Å²) in [7, 11) is 0. The molecule has 0 spiro atoms. The van der Waals surface area contributed by atoms with Crippen molar-refractivity contribution >= 4 is 6.08 Å². The van der Waals surface area contributed by atoms with Crippen molar-refractivity contribution in [3.05, 3.63) is 29.9 Å². The van der Waals surface area contributed by atoms with Gasteiger partial charge in [-0.25, -0.2) is 0 Å². The summed E-state index contributed by atoms with van der Waals surface area (Å²) in [5.74, 6) is 0. The van der Waals surface area contributed by atoms with Crippen LogP contribution in [0.3, 0.4) is 0 Å². The fourth-order valence-electron chi connectivity index (χ4n) is 1.08. The third kappa shape index (κ3) is 1.70. The quantitative estimate of drug-likeness (QED) is 0.681. The van der Waals surface area contributed by atoms with Gasteiger partial charge in [-0.3, -0.25) is 9.97 Å². The summed E-state index contributed by atoms with van der Waals surface area (Å²) in [6, 6.07) is 0. The van der Waals surface area contributed by atoms with Crippen molar-refractivity contribution < 1.29 is 0 Å². The van der Waals surface area contributed by atoms with Gasteiger partial charge in [-0.2, -0.15) is 0 Å². The molecule has 2 heteroatoms. The zero-order chi connectivity index (χ0) is 8.97. The fourth-order valence-corrected chi connectivity index (χ4v) is 1.08. The SMILES string of the molecule is C=Cc1ncc(CC)nc1CC. The molecule has 1 rings (SSSR count). The molecule has 12 heavy (non-hydrogen) atoms. The van der Waals surface area contributed by atoms with Crippen molar-refractivity contribution in [1.29, 1.82) is 0 Å². The van der Waals surface area contributed by atoms with E-state index in [1.165, 1.54) is 0 Å². The van der Waals surface area contributed by atoms with E-state index >= 15 is 0 Å². The maximum absolute atomic E-state index is 4.45. The van der Waals surface area contributed by atoms with Gasteiger partial charge in [0.25, 0.3) is 0 Å². The van der Waals surface area contributed by atoms with Crippen LogP contribution in [0.15, 0.2) is 12.8 Å². The number of aromatic nitrogens is 2. The summed E-state index contributed by atoms with van der Waals surface area (Å²) in [5, 5.41) is 0. The molecular weight excluding hydrogens is 148 g/mol. The fraction of sp³-hybridized carbons (Fsp3) is 0.400. The van der Waals surface area contributed by atoms with Gasteiger partial charge in [-0.05, 0) is 18.9 Å². The van der Waals surface area contributed by atoms with Gasteiger partial charge < -0.3 is 0 Å². The third-order valence-corrected chi connectivity index (χ3v) is 1.82. The number of nitrogens with zero attached hydrogens (tertiary/aromatic N) is 2. The van der Waals surface area contributed by atoms with Crippen molar-refractivity contribution in [2.24, 2.45) is 0 Å². The Hall–Kier alpha value is -1.18. The van der Waals surface area contributed by atoms with E-state index in [-0.39, 0.29) is 0 Å². The minimum atomic E-state index is 0.912. The van der Waals surface area contributed by atoms with E-state index in [2.05, 4.69) is 30.4 Å². The molecule has 0 saturated heterocycles. The molecule has 0 aromatic carbocycles. The molecule has 0 aliphatic heterocycles.